The lowest BCUT2D eigenvalue weighted by atomic mass is 9.88. The van der Waals surface area contributed by atoms with Crippen molar-refractivity contribution in [2.75, 3.05) is 14.2 Å². The predicted octanol–water partition coefficient (Wildman–Crippen LogP) is 1.90. The number of rotatable bonds is 5. The Hall–Kier alpha value is -0.0800. The number of hydrogen-bond acceptors (Lipinski definition) is 2. The van der Waals surface area contributed by atoms with Gasteiger partial charge in [-0.05, 0) is 25.8 Å². The Bertz CT molecular complexity index is 114. The van der Waals surface area contributed by atoms with Crippen LogP contribution in [0.3, 0.4) is 0 Å². The van der Waals surface area contributed by atoms with Gasteiger partial charge in [-0.15, -0.1) is 0 Å². The van der Waals surface area contributed by atoms with Gasteiger partial charge in [-0.25, -0.2) is 0 Å². The van der Waals surface area contributed by atoms with Gasteiger partial charge >= 0.3 is 0 Å². The van der Waals surface area contributed by atoms with Crippen molar-refractivity contribution in [2.24, 2.45) is 11.8 Å². The molecular weight excluding hydrogens is 150 g/mol. The Balaban J connectivity index is 4.10. The third-order valence-corrected chi connectivity index (χ3v) is 2.73. The zero-order valence-corrected chi connectivity index (χ0v) is 9.22. The Labute approximate surface area is 76.7 Å². The number of nitrogens with one attached hydrogen (secondary N) is 1. The van der Waals surface area contributed by atoms with E-state index in [1.807, 2.05) is 7.05 Å². The molecule has 0 heterocycles. The quantitative estimate of drug-likeness (QED) is 0.685. The number of ether oxygens (including phenoxy) is 1. The Kier molecular flexibility index (Phi) is 5.51. The van der Waals surface area contributed by atoms with Gasteiger partial charge in [0.1, 0.15) is 0 Å². The molecule has 0 aliphatic rings. The predicted molar refractivity (Wildman–Crippen MR) is 53.3 cm³/mol. The van der Waals surface area contributed by atoms with Crippen molar-refractivity contribution in [3.8, 4) is 0 Å². The minimum atomic E-state index is 0.324. The van der Waals surface area contributed by atoms with E-state index in [0.717, 1.165) is 0 Å². The summed E-state index contributed by atoms with van der Waals surface area (Å²) in [5.41, 5.74) is 0. The highest BCUT2D eigenvalue weighted by atomic mass is 16.5. The molecule has 0 saturated carbocycles. The van der Waals surface area contributed by atoms with Crippen molar-refractivity contribution >= 4 is 0 Å². The molecule has 0 fully saturated rings. The summed E-state index contributed by atoms with van der Waals surface area (Å²) in [7, 11) is 3.79. The molecule has 1 N–H and O–H groups in total. The van der Waals surface area contributed by atoms with Crippen molar-refractivity contribution in [1.29, 1.82) is 0 Å². The van der Waals surface area contributed by atoms with E-state index in [1.54, 1.807) is 7.11 Å². The highest BCUT2D eigenvalue weighted by molar-refractivity contribution is 4.78. The van der Waals surface area contributed by atoms with E-state index in [9.17, 15) is 0 Å². The third-order valence-electron chi connectivity index (χ3n) is 2.73. The monoisotopic (exact) mass is 173 g/mol. The fourth-order valence-corrected chi connectivity index (χ4v) is 1.71. The summed E-state index contributed by atoms with van der Waals surface area (Å²) in [5.74, 6) is 1.21. The highest BCUT2D eigenvalue weighted by Crippen LogP contribution is 2.17. The van der Waals surface area contributed by atoms with Crippen LogP contribution in [0.1, 0.15) is 27.7 Å². The van der Waals surface area contributed by atoms with Crippen molar-refractivity contribution in [3.05, 3.63) is 0 Å². The van der Waals surface area contributed by atoms with E-state index in [0.29, 0.717) is 24.0 Å². The first-order valence-corrected chi connectivity index (χ1v) is 4.74. The molecule has 3 unspecified atom stereocenters. The summed E-state index contributed by atoms with van der Waals surface area (Å²) in [6.07, 6.45) is 0.324. The van der Waals surface area contributed by atoms with Gasteiger partial charge in [-0.3, -0.25) is 0 Å². The van der Waals surface area contributed by atoms with Gasteiger partial charge in [-0.2, -0.15) is 0 Å². The summed E-state index contributed by atoms with van der Waals surface area (Å²) in [4.78, 5) is 0. The van der Waals surface area contributed by atoms with Crippen LogP contribution in [0.15, 0.2) is 0 Å². The maximum absolute atomic E-state index is 5.30. The van der Waals surface area contributed by atoms with Crippen LogP contribution in [0.25, 0.3) is 0 Å². The minimum Gasteiger partial charge on any atom is -0.381 e. The molecule has 0 saturated heterocycles. The average Bonchev–Trinajstić information content (AvgIpc) is 2.03. The van der Waals surface area contributed by atoms with E-state index in [4.69, 9.17) is 4.74 Å². The molecule has 12 heavy (non-hydrogen) atoms. The van der Waals surface area contributed by atoms with Crippen LogP contribution in [0.5, 0.6) is 0 Å². The highest BCUT2D eigenvalue weighted by Gasteiger charge is 2.23. The lowest BCUT2D eigenvalue weighted by Gasteiger charge is -2.30. The Morgan fingerprint density at radius 3 is 1.83 bits per heavy atom. The third kappa shape index (κ3) is 3.11. The zero-order valence-electron chi connectivity index (χ0n) is 9.22. The molecule has 0 radical (unpaired) electrons. The van der Waals surface area contributed by atoms with Crippen LogP contribution in [-0.4, -0.2) is 26.3 Å². The van der Waals surface area contributed by atoms with E-state index < -0.39 is 0 Å². The second-order valence-corrected chi connectivity index (χ2v) is 3.86. The standard InChI is InChI=1S/C10H23NO/c1-7(2)10(11-5)8(3)9(4)12-6/h7-11H,1-6H3. The summed E-state index contributed by atoms with van der Waals surface area (Å²) >= 11 is 0. The van der Waals surface area contributed by atoms with Gasteiger partial charge in [0.05, 0.1) is 6.10 Å². The van der Waals surface area contributed by atoms with Crippen LogP contribution >= 0.6 is 0 Å². The largest absolute Gasteiger partial charge is 0.381 e. The molecular formula is C10H23NO. The summed E-state index contributed by atoms with van der Waals surface area (Å²) in [6.45, 7) is 8.83. The van der Waals surface area contributed by atoms with E-state index in [1.165, 1.54) is 0 Å². The molecule has 0 bridgehead atoms. The van der Waals surface area contributed by atoms with Gasteiger partial charge in [0, 0.05) is 13.2 Å². The first kappa shape index (κ1) is 11.9. The molecule has 2 nitrogen and oxygen atoms in total. The summed E-state index contributed by atoms with van der Waals surface area (Å²) in [6, 6.07) is 0.542. The molecule has 0 rings (SSSR count). The minimum absolute atomic E-state index is 0.324. The first-order valence-electron chi connectivity index (χ1n) is 4.74. The second kappa shape index (κ2) is 5.55. The number of methoxy groups -OCH3 is 1. The van der Waals surface area contributed by atoms with Crippen LogP contribution < -0.4 is 5.32 Å². The molecule has 0 amide bonds. The maximum atomic E-state index is 5.30. The fourth-order valence-electron chi connectivity index (χ4n) is 1.71. The SMILES string of the molecule is CNC(C(C)C)C(C)C(C)OC. The topological polar surface area (TPSA) is 21.3 Å². The molecule has 0 aliphatic carbocycles. The first-order chi connectivity index (χ1) is 5.54. The van der Waals surface area contributed by atoms with Gasteiger partial charge in [-0.1, -0.05) is 20.8 Å². The van der Waals surface area contributed by atoms with Crippen LogP contribution in [0.4, 0.5) is 0 Å². The fraction of sp³-hybridized carbons (Fsp3) is 1.00. The molecule has 2 heteroatoms. The Morgan fingerprint density at radius 1 is 1.08 bits per heavy atom. The molecule has 3 atom stereocenters. The molecule has 0 aliphatic heterocycles. The number of hydrogen-bond donors (Lipinski definition) is 1. The van der Waals surface area contributed by atoms with Crippen molar-refractivity contribution in [2.45, 2.75) is 39.8 Å². The van der Waals surface area contributed by atoms with Crippen molar-refractivity contribution in [3.63, 3.8) is 0 Å². The molecule has 74 valence electrons. The smallest absolute Gasteiger partial charge is 0.0583 e. The summed E-state index contributed by atoms with van der Waals surface area (Å²) < 4.78 is 5.30. The maximum Gasteiger partial charge on any atom is 0.0583 e. The van der Waals surface area contributed by atoms with Crippen molar-refractivity contribution < 1.29 is 4.74 Å². The average molecular weight is 173 g/mol. The second-order valence-electron chi connectivity index (χ2n) is 3.86. The lowest BCUT2D eigenvalue weighted by Crippen LogP contribution is -2.41. The molecule has 0 aromatic carbocycles. The van der Waals surface area contributed by atoms with E-state index in [2.05, 4.69) is 33.0 Å². The zero-order chi connectivity index (χ0) is 9.72. The van der Waals surface area contributed by atoms with Gasteiger partial charge in [0.25, 0.3) is 0 Å². The normalized spacial score (nSPS) is 19.2. The van der Waals surface area contributed by atoms with Crippen molar-refractivity contribution in [1.82, 2.24) is 5.32 Å². The van der Waals surface area contributed by atoms with Gasteiger partial charge in [0.15, 0.2) is 0 Å². The van der Waals surface area contributed by atoms with E-state index >= 15 is 0 Å². The lowest BCUT2D eigenvalue weighted by molar-refractivity contribution is 0.0506. The Morgan fingerprint density at radius 2 is 1.58 bits per heavy atom. The molecule has 0 aromatic rings. The van der Waals surface area contributed by atoms with Gasteiger partial charge in [0.2, 0.25) is 0 Å². The van der Waals surface area contributed by atoms with Crippen LogP contribution in [0.2, 0.25) is 0 Å². The van der Waals surface area contributed by atoms with Crippen LogP contribution in [0, 0.1) is 11.8 Å². The van der Waals surface area contributed by atoms with Gasteiger partial charge < -0.3 is 10.1 Å². The molecule has 0 aromatic heterocycles. The summed E-state index contributed by atoms with van der Waals surface area (Å²) in [5, 5.41) is 3.34. The van der Waals surface area contributed by atoms with Crippen LogP contribution in [-0.2, 0) is 4.74 Å². The molecule has 0 spiro atoms. The van der Waals surface area contributed by atoms with E-state index in [-0.39, 0.29) is 0 Å².